The number of aliphatic hydroxyl groups is 1. The molecule has 3 rings (SSSR count). The number of rotatable bonds is 3. The zero-order valence-electron chi connectivity index (χ0n) is 10.9. The van der Waals surface area contributed by atoms with E-state index in [4.69, 9.17) is 5.73 Å². The largest absolute Gasteiger partial charge is 0.393 e. The zero-order chi connectivity index (χ0) is 14.5. The highest BCUT2D eigenvalue weighted by Gasteiger charge is 2.37. The van der Waals surface area contributed by atoms with E-state index in [0.717, 1.165) is 0 Å². The van der Waals surface area contributed by atoms with Crippen molar-refractivity contribution in [1.82, 2.24) is 13.7 Å². The quantitative estimate of drug-likeness (QED) is 0.852. The molecular weight excluding hydrogens is 300 g/mol. The highest BCUT2D eigenvalue weighted by atomic mass is 32.2. The number of imidazole rings is 1. The first-order chi connectivity index (χ1) is 9.41. The lowest BCUT2D eigenvalue weighted by Crippen LogP contribution is -2.31. The molecule has 110 valence electrons. The van der Waals surface area contributed by atoms with E-state index in [1.165, 1.54) is 20.0 Å². The lowest BCUT2D eigenvalue weighted by atomic mass is 10.0. The first-order valence-corrected chi connectivity index (χ1v) is 8.62. The van der Waals surface area contributed by atoms with Crippen molar-refractivity contribution in [3.63, 3.8) is 0 Å². The van der Waals surface area contributed by atoms with Gasteiger partial charge in [0.1, 0.15) is 0 Å². The van der Waals surface area contributed by atoms with Crippen LogP contribution < -0.4 is 5.73 Å². The molecule has 20 heavy (non-hydrogen) atoms. The first kappa shape index (κ1) is 13.8. The number of nitrogens with zero attached hydrogens (tertiary/aromatic N) is 3. The second-order valence-electron chi connectivity index (χ2n) is 5.01. The van der Waals surface area contributed by atoms with E-state index in [1.807, 2.05) is 0 Å². The van der Waals surface area contributed by atoms with Crippen molar-refractivity contribution in [3.8, 4) is 0 Å². The molecule has 1 aliphatic rings. The topological polar surface area (TPSA) is 101 Å². The van der Waals surface area contributed by atoms with Gasteiger partial charge < -0.3 is 10.8 Å². The van der Waals surface area contributed by atoms with Crippen LogP contribution >= 0.6 is 11.3 Å². The molecule has 1 aliphatic heterocycles. The Morgan fingerprint density at radius 2 is 2.35 bits per heavy atom. The molecule has 0 bridgehead atoms. The summed E-state index contributed by atoms with van der Waals surface area (Å²) in [6.45, 7) is 2.40. The van der Waals surface area contributed by atoms with Gasteiger partial charge in [-0.05, 0) is 19.3 Å². The van der Waals surface area contributed by atoms with E-state index in [2.05, 4.69) is 4.98 Å². The summed E-state index contributed by atoms with van der Waals surface area (Å²) in [4.78, 5) is 4.63. The Kier molecular flexibility index (Phi) is 3.24. The van der Waals surface area contributed by atoms with E-state index in [1.54, 1.807) is 18.5 Å². The molecule has 0 radical (unpaired) electrons. The fourth-order valence-electron chi connectivity index (χ4n) is 2.53. The summed E-state index contributed by atoms with van der Waals surface area (Å²) in [5, 5.41) is 11.4. The molecular formula is C11H16N4O3S2. The molecule has 0 aromatic carbocycles. The fourth-order valence-corrected chi connectivity index (χ4v) is 4.99. The number of hydrogen-bond acceptors (Lipinski definition) is 6. The van der Waals surface area contributed by atoms with Crippen molar-refractivity contribution in [2.24, 2.45) is 5.92 Å². The number of sulfonamides is 1. The van der Waals surface area contributed by atoms with Crippen LogP contribution in [0.1, 0.15) is 13.3 Å². The summed E-state index contributed by atoms with van der Waals surface area (Å²) >= 11 is 1.34. The third-order valence-corrected chi connectivity index (χ3v) is 6.36. The minimum atomic E-state index is -3.68. The Morgan fingerprint density at radius 1 is 1.60 bits per heavy atom. The molecule has 0 spiro atoms. The molecule has 3 heterocycles. The standard InChI is InChI=1S/C11H16N4O3S2/c1-7(16)8-2-3-14(6-8)20(17,18)10-9(12)13-11-15(10)4-5-19-11/h4-5,7-8,16H,2-3,6,12H2,1H3. The number of anilines is 1. The van der Waals surface area contributed by atoms with Gasteiger partial charge in [0.05, 0.1) is 6.10 Å². The highest BCUT2D eigenvalue weighted by molar-refractivity contribution is 7.89. The fraction of sp³-hybridized carbons (Fsp3) is 0.545. The van der Waals surface area contributed by atoms with Gasteiger partial charge in [0.25, 0.3) is 10.0 Å². The minimum absolute atomic E-state index is 0.0253. The van der Waals surface area contributed by atoms with Crippen molar-refractivity contribution in [2.75, 3.05) is 18.8 Å². The SMILES string of the molecule is CC(O)C1CCN(S(=O)(=O)c2c(N)nc3sccn23)C1. The predicted octanol–water partition coefficient (Wildman–Crippen LogP) is 0.369. The van der Waals surface area contributed by atoms with E-state index in [9.17, 15) is 13.5 Å². The van der Waals surface area contributed by atoms with Crippen LogP contribution in [0.15, 0.2) is 16.6 Å². The van der Waals surface area contributed by atoms with Gasteiger partial charge in [-0.25, -0.2) is 13.4 Å². The molecule has 9 heteroatoms. The molecule has 7 nitrogen and oxygen atoms in total. The van der Waals surface area contributed by atoms with Crippen molar-refractivity contribution in [3.05, 3.63) is 11.6 Å². The molecule has 0 saturated carbocycles. The van der Waals surface area contributed by atoms with Gasteiger partial charge >= 0.3 is 0 Å². The average molecular weight is 316 g/mol. The molecule has 3 N–H and O–H groups in total. The maximum absolute atomic E-state index is 12.7. The molecule has 2 aromatic heterocycles. The van der Waals surface area contributed by atoms with Gasteiger partial charge in [0.15, 0.2) is 15.8 Å². The van der Waals surface area contributed by atoms with Crippen molar-refractivity contribution < 1.29 is 13.5 Å². The van der Waals surface area contributed by atoms with Crippen LogP contribution in [0.25, 0.3) is 4.96 Å². The van der Waals surface area contributed by atoms with Gasteiger partial charge in [-0.2, -0.15) is 4.31 Å². The molecule has 1 saturated heterocycles. The second-order valence-corrected chi connectivity index (χ2v) is 7.74. The van der Waals surface area contributed by atoms with Crippen LogP contribution in [-0.2, 0) is 10.0 Å². The molecule has 0 aliphatic carbocycles. The van der Waals surface area contributed by atoms with Gasteiger partial charge in [-0.15, -0.1) is 11.3 Å². The van der Waals surface area contributed by atoms with E-state index in [-0.39, 0.29) is 16.8 Å². The van der Waals surface area contributed by atoms with Crippen LogP contribution in [0.3, 0.4) is 0 Å². The molecule has 2 atom stereocenters. The summed E-state index contributed by atoms with van der Waals surface area (Å²) in [7, 11) is -3.68. The lowest BCUT2D eigenvalue weighted by Gasteiger charge is -2.17. The van der Waals surface area contributed by atoms with Gasteiger partial charge in [0, 0.05) is 24.7 Å². The molecule has 2 aromatic rings. The van der Waals surface area contributed by atoms with Gasteiger partial charge in [0.2, 0.25) is 0 Å². The average Bonchev–Trinajstić information content (AvgIpc) is 3.00. The van der Waals surface area contributed by atoms with E-state index < -0.39 is 16.1 Å². The monoisotopic (exact) mass is 316 g/mol. The third kappa shape index (κ3) is 2.01. The van der Waals surface area contributed by atoms with Gasteiger partial charge in [-0.1, -0.05) is 0 Å². The Morgan fingerprint density at radius 3 is 3.00 bits per heavy atom. The Bertz CT molecular complexity index is 734. The number of hydrogen-bond donors (Lipinski definition) is 2. The zero-order valence-corrected chi connectivity index (χ0v) is 12.6. The maximum Gasteiger partial charge on any atom is 0.262 e. The summed E-state index contributed by atoms with van der Waals surface area (Å²) in [5.41, 5.74) is 5.77. The summed E-state index contributed by atoms with van der Waals surface area (Å²) in [5.74, 6) is -0.00534. The van der Waals surface area contributed by atoms with Gasteiger partial charge in [-0.3, -0.25) is 4.40 Å². The van der Waals surface area contributed by atoms with Crippen LogP contribution in [-0.4, -0.2) is 46.4 Å². The number of nitrogen functional groups attached to an aromatic ring is 1. The number of aromatic nitrogens is 2. The van der Waals surface area contributed by atoms with E-state index in [0.29, 0.717) is 24.5 Å². The first-order valence-electron chi connectivity index (χ1n) is 6.30. The number of fused-ring (bicyclic) bond motifs is 1. The summed E-state index contributed by atoms with van der Waals surface area (Å²) in [6.07, 6.45) is 1.79. The summed E-state index contributed by atoms with van der Waals surface area (Å²) in [6, 6.07) is 0. The molecule has 2 unspecified atom stereocenters. The van der Waals surface area contributed by atoms with Crippen molar-refractivity contribution >= 4 is 32.1 Å². The Balaban J connectivity index is 2.00. The second kappa shape index (κ2) is 4.69. The van der Waals surface area contributed by atoms with Crippen LogP contribution in [0.5, 0.6) is 0 Å². The molecule has 0 amide bonds. The number of thiazole rings is 1. The Hall–Kier alpha value is -1.16. The number of aliphatic hydroxyl groups excluding tert-OH is 1. The van der Waals surface area contributed by atoms with Crippen LogP contribution in [0.2, 0.25) is 0 Å². The van der Waals surface area contributed by atoms with E-state index >= 15 is 0 Å². The van der Waals surface area contributed by atoms with Crippen molar-refractivity contribution in [1.29, 1.82) is 0 Å². The van der Waals surface area contributed by atoms with Crippen molar-refractivity contribution in [2.45, 2.75) is 24.5 Å². The summed E-state index contributed by atoms with van der Waals surface area (Å²) < 4.78 is 28.3. The van der Waals surface area contributed by atoms with Crippen LogP contribution in [0, 0.1) is 5.92 Å². The molecule has 1 fully saturated rings. The maximum atomic E-state index is 12.7. The third-order valence-electron chi connectivity index (χ3n) is 3.70. The smallest absolute Gasteiger partial charge is 0.262 e. The lowest BCUT2D eigenvalue weighted by molar-refractivity contribution is 0.133. The Labute approximate surface area is 120 Å². The highest BCUT2D eigenvalue weighted by Crippen LogP contribution is 2.30. The number of nitrogens with two attached hydrogens (primary N) is 1. The van der Waals surface area contributed by atoms with Crippen LogP contribution in [0.4, 0.5) is 5.82 Å². The normalized spacial score (nSPS) is 22.6. The predicted molar refractivity (Wildman–Crippen MR) is 76.0 cm³/mol. The minimum Gasteiger partial charge on any atom is -0.393 e.